The number of rotatable bonds is 9. The summed E-state index contributed by atoms with van der Waals surface area (Å²) in [6.45, 7) is 2.21. The normalized spacial score (nSPS) is 16.8. The van der Waals surface area contributed by atoms with Gasteiger partial charge in [-0.25, -0.2) is 0 Å². The number of carbonyl (C=O) groups is 3. The number of amides is 2. The van der Waals surface area contributed by atoms with Gasteiger partial charge < -0.3 is 20.5 Å². The largest absolute Gasteiger partial charge is 0.481 e. The molecular weight excluding hydrogens is 460 g/mol. The number of hydrogen-bond donors (Lipinski definition) is 3. The zero-order chi connectivity index (χ0) is 25.8. The van der Waals surface area contributed by atoms with Crippen molar-refractivity contribution in [3.8, 4) is 5.75 Å². The summed E-state index contributed by atoms with van der Waals surface area (Å²) >= 11 is 0. The number of nitrogens with two attached hydrogens (primary N) is 1. The van der Waals surface area contributed by atoms with Gasteiger partial charge in [0.2, 0.25) is 0 Å². The van der Waals surface area contributed by atoms with Crippen LogP contribution in [0.4, 0.5) is 0 Å². The second-order valence-electron chi connectivity index (χ2n) is 8.69. The zero-order valence-corrected chi connectivity index (χ0v) is 19.9. The Balaban J connectivity index is 1.68. The van der Waals surface area contributed by atoms with Crippen molar-refractivity contribution < 1.29 is 24.2 Å². The third kappa shape index (κ3) is 5.14. The summed E-state index contributed by atoms with van der Waals surface area (Å²) < 4.78 is 6.12. The molecule has 2 amide bonds. The number of amidine groups is 1. The van der Waals surface area contributed by atoms with Gasteiger partial charge in [-0.15, -0.1) is 0 Å². The number of benzene rings is 3. The molecule has 4 rings (SSSR count). The van der Waals surface area contributed by atoms with Crippen LogP contribution in [0, 0.1) is 5.41 Å². The highest BCUT2D eigenvalue weighted by Crippen LogP contribution is 2.31. The molecule has 0 radical (unpaired) electrons. The molecule has 0 aliphatic carbocycles. The van der Waals surface area contributed by atoms with E-state index in [1.54, 1.807) is 30.3 Å². The molecule has 36 heavy (non-hydrogen) atoms. The lowest BCUT2D eigenvalue weighted by Crippen LogP contribution is -2.62. The van der Waals surface area contributed by atoms with Crippen molar-refractivity contribution in [3.63, 3.8) is 0 Å². The SMILES string of the molecule is CCCN1C(=O)C(=O)N(C(CC(=O)O)c2ccc3ccccc3c2)CC1Oc1ccc(C(=N)N)cc1. The van der Waals surface area contributed by atoms with Crippen LogP contribution < -0.4 is 10.5 Å². The van der Waals surface area contributed by atoms with E-state index < -0.39 is 30.1 Å². The standard InChI is InChI=1S/C27H28N4O5/c1-2-13-30-23(36-21-11-9-18(10-12-21)25(28)29)16-31(27(35)26(30)34)22(15-24(32)33)20-8-7-17-5-3-4-6-19(17)14-20/h3-12,14,22-23H,2,13,15-16H2,1H3,(H3,28,29)(H,32,33). The minimum Gasteiger partial charge on any atom is -0.481 e. The van der Waals surface area contributed by atoms with Crippen molar-refractivity contribution in [3.05, 3.63) is 77.9 Å². The summed E-state index contributed by atoms with van der Waals surface area (Å²) in [5.74, 6) is -2.21. The molecule has 0 saturated carbocycles. The van der Waals surface area contributed by atoms with Crippen LogP contribution in [0.2, 0.25) is 0 Å². The van der Waals surface area contributed by atoms with E-state index >= 15 is 0 Å². The van der Waals surface area contributed by atoms with Gasteiger partial charge in [-0.1, -0.05) is 43.3 Å². The van der Waals surface area contributed by atoms with E-state index in [9.17, 15) is 19.5 Å². The topological polar surface area (TPSA) is 137 Å². The molecule has 3 aromatic rings. The first-order chi connectivity index (χ1) is 17.3. The average molecular weight is 489 g/mol. The Bertz CT molecular complexity index is 1310. The lowest BCUT2D eigenvalue weighted by atomic mass is 9.97. The summed E-state index contributed by atoms with van der Waals surface area (Å²) in [4.78, 5) is 40.9. The third-order valence-corrected chi connectivity index (χ3v) is 6.21. The number of fused-ring (bicyclic) bond motifs is 1. The van der Waals surface area contributed by atoms with E-state index in [2.05, 4.69) is 0 Å². The molecule has 0 spiro atoms. The fraction of sp³-hybridized carbons (Fsp3) is 0.259. The summed E-state index contributed by atoms with van der Waals surface area (Å²) in [5, 5.41) is 19.1. The van der Waals surface area contributed by atoms with Crippen molar-refractivity contribution in [2.75, 3.05) is 13.1 Å². The summed E-state index contributed by atoms with van der Waals surface area (Å²) in [5.41, 5.74) is 6.68. The van der Waals surface area contributed by atoms with Crippen LogP contribution in [-0.2, 0) is 14.4 Å². The van der Waals surface area contributed by atoms with Crippen LogP contribution in [0.5, 0.6) is 5.75 Å². The second kappa shape index (κ2) is 10.5. The summed E-state index contributed by atoms with van der Waals surface area (Å²) in [6.07, 6.45) is -0.550. The maximum atomic E-state index is 13.2. The molecule has 9 heteroatoms. The highest BCUT2D eigenvalue weighted by molar-refractivity contribution is 6.35. The van der Waals surface area contributed by atoms with E-state index in [0.717, 1.165) is 10.8 Å². The molecule has 1 saturated heterocycles. The maximum Gasteiger partial charge on any atom is 0.315 e. The Morgan fingerprint density at radius 1 is 1.08 bits per heavy atom. The molecule has 0 aromatic heterocycles. The fourth-order valence-electron chi connectivity index (χ4n) is 4.44. The Hall–Kier alpha value is -4.40. The van der Waals surface area contributed by atoms with Crippen LogP contribution in [0.15, 0.2) is 66.7 Å². The molecule has 1 fully saturated rings. The van der Waals surface area contributed by atoms with Crippen LogP contribution >= 0.6 is 0 Å². The van der Waals surface area contributed by atoms with Gasteiger partial charge in [0.1, 0.15) is 11.6 Å². The molecule has 186 valence electrons. The number of nitrogen functional groups attached to an aromatic ring is 1. The van der Waals surface area contributed by atoms with Gasteiger partial charge in [-0.2, -0.15) is 0 Å². The van der Waals surface area contributed by atoms with Gasteiger partial charge in [0.05, 0.1) is 19.0 Å². The van der Waals surface area contributed by atoms with Gasteiger partial charge >= 0.3 is 17.8 Å². The number of nitrogens with zero attached hydrogens (tertiary/aromatic N) is 2. The van der Waals surface area contributed by atoms with E-state index in [1.807, 2.05) is 43.3 Å². The van der Waals surface area contributed by atoms with E-state index in [0.29, 0.717) is 29.8 Å². The minimum absolute atomic E-state index is 0.00378. The number of piperazine rings is 1. The van der Waals surface area contributed by atoms with E-state index in [-0.39, 0.29) is 18.8 Å². The lowest BCUT2D eigenvalue weighted by molar-refractivity contribution is -0.169. The maximum absolute atomic E-state index is 13.2. The van der Waals surface area contributed by atoms with Crippen molar-refractivity contribution >= 4 is 34.4 Å². The van der Waals surface area contributed by atoms with E-state index in [4.69, 9.17) is 15.9 Å². The quantitative estimate of drug-likeness (QED) is 0.240. The molecule has 2 unspecified atom stereocenters. The predicted molar refractivity (Wildman–Crippen MR) is 135 cm³/mol. The molecule has 2 atom stereocenters. The van der Waals surface area contributed by atoms with Gasteiger partial charge in [0, 0.05) is 12.1 Å². The summed E-state index contributed by atoms with van der Waals surface area (Å²) in [7, 11) is 0. The van der Waals surface area contributed by atoms with Crippen molar-refractivity contribution in [2.24, 2.45) is 5.73 Å². The van der Waals surface area contributed by atoms with Crippen LogP contribution in [0.25, 0.3) is 10.8 Å². The highest BCUT2D eigenvalue weighted by atomic mass is 16.5. The molecule has 4 N–H and O–H groups in total. The first-order valence-electron chi connectivity index (χ1n) is 11.7. The Morgan fingerprint density at radius 3 is 2.42 bits per heavy atom. The second-order valence-corrected chi connectivity index (χ2v) is 8.69. The first kappa shape index (κ1) is 24.7. The Morgan fingerprint density at radius 2 is 1.78 bits per heavy atom. The smallest absolute Gasteiger partial charge is 0.315 e. The highest BCUT2D eigenvalue weighted by Gasteiger charge is 2.43. The molecular formula is C27H28N4O5. The van der Waals surface area contributed by atoms with Crippen LogP contribution in [-0.4, -0.2) is 57.8 Å². The molecule has 1 aliphatic heterocycles. The molecule has 1 heterocycles. The number of hydrogen-bond acceptors (Lipinski definition) is 5. The number of nitrogens with one attached hydrogen (secondary N) is 1. The number of aliphatic carboxylic acids is 1. The zero-order valence-electron chi connectivity index (χ0n) is 19.9. The van der Waals surface area contributed by atoms with Crippen LogP contribution in [0.1, 0.15) is 36.9 Å². The number of carboxylic acid groups (broad SMARTS) is 1. The van der Waals surface area contributed by atoms with Gasteiger partial charge in [-0.3, -0.25) is 24.7 Å². The monoisotopic (exact) mass is 488 g/mol. The molecule has 9 nitrogen and oxygen atoms in total. The Labute approximate surface area is 208 Å². The molecule has 1 aliphatic rings. The average Bonchev–Trinajstić information content (AvgIpc) is 2.87. The first-order valence-corrected chi connectivity index (χ1v) is 11.7. The van der Waals surface area contributed by atoms with Gasteiger partial charge in [0.25, 0.3) is 0 Å². The molecule has 3 aromatic carbocycles. The Kier molecular flexibility index (Phi) is 7.19. The van der Waals surface area contributed by atoms with E-state index in [1.165, 1.54) is 9.80 Å². The predicted octanol–water partition coefficient (Wildman–Crippen LogP) is 3.13. The lowest BCUT2D eigenvalue weighted by Gasteiger charge is -2.43. The van der Waals surface area contributed by atoms with Crippen molar-refractivity contribution in [2.45, 2.75) is 32.0 Å². The number of carboxylic acids is 1. The third-order valence-electron chi connectivity index (χ3n) is 6.21. The summed E-state index contributed by atoms with van der Waals surface area (Å²) in [6, 6.07) is 18.9. The van der Waals surface area contributed by atoms with Crippen molar-refractivity contribution in [1.29, 1.82) is 5.41 Å². The van der Waals surface area contributed by atoms with Gasteiger partial charge in [0.15, 0.2) is 6.23 Å². The van der Waals surface area contributed by atoms with Gasteiger partial charge in [-0.05, 0) is 53.1 Å². The number of carbonyl (C=O) groups excluding carboxylic acids is 2. The van der Waals surface area contributed by atoms with Crippen LogP contribution in [0.3, 0.4) is 0 Å². The fourth-order valence-corrected chi connectivity index (χ4v) is 4.44. The molecule has 0 bridgehead atoms. The van der Waals surface area contributed by atoms with Crippen molar-refractivity contribution in [1.82, 2.24) is 9.80 Å². The number of ether oxygens (including phenoxy) is 1. The minimum atomic E-state index is -1.08.